The summed E-state index contributed by atoms with van der Waals surface area (Å²) < 4.78 is 5.27. The van der Waals surface area contributed by atoms with E-state index in [1.807, 2.05) is 50.8 Å². The lowest BCUT2D eigenvalue weighted by Gasteiger charge is -2.27. The van der Waals surface area contributed by atoms with Crippen LogP contribution in [0.3, 0.4) is 0 Å². The number of rotatable bonds is 3. The first-order valence-electron chi connectivity index (χ1n) is 9.18. The van der Waals surface area contributed by atoms with Crippen LogP contribution in [0.15, 0.2) is 18.2 Å². The van der Waals surface area contributed by atoms with Gasteiger partial charge in [-0.15, -0.1) is 0 Å². The van der Waals surface area contributed by atoms with Crippen LogP contribution in [-0.4, -0.2) is 60.6 Å². The monoisotopic (exact) mass is 361 g/mol. The van der Waals surface area contributed by atoms with Gasteiger partial charge in [-0.25, -0.2) is 4.79 Å². The molecule has 3 amide bonds. The lowest BCUT2D eigenvalue weighted by atomic mass is 10.1. The lowest BCUT2D eigenvalue weighted by molar-refractivity contribution is -0.130. The van der Waals surface area contributed by atoms with Crippen LogP contribution < -0.4 is 10.1 Å². The van der Waals surface area contributed by atoms with E-state index >= 15 is 0 Å². The van der Waals surface area contributed by atoms with Crippen molar-refractivity contribution in [3.8, 4) is 5.75 Å². The molecule has 26 heavy (non-hydrogen) atoms. The highest BCUT2D eigenvalue weighted by Crippen LogP contribution is 2.19. The summed E-state index contributed by atoms with van der Waals surface area (Å²) in [5.41, 5.74) is 1.75. The molecule has 0 aromatic heterocycles. The van der Waals surface area contributed by atoms with Crippen molar-refractivity contribution in [1.82, 2.24) is 15.1 Å². The predicted molar refractivity (Wildman–Crippen MR) is 102 cm³/mol. The van der Waals surface area contributed by atoms with Gasteiger partial charge in [0.15, 0.2) is 0 Å². The van der Waals surface area contributed by atoms with Crippen LogP contribution in [-0.2, 0) is 11.2 Å². The zero-order chi connectivity index (χ0) is 19.3. The number of carbonyl (C=O) groups is 2. The fourth-order valence-corrected chi connectivity index (χ4v) is 3.11. The zero-order valence-electron chi connectivity index (χ0n) is 16.6. The van der Waals surface area contributed by atoms with E-state index in [0.29, 0.717) is 32.6 Å². The van der Waals surface area contributed by atoms with Crippen molar-refractivity contribution >= 4 is 11.9 Å². The molecule has 0 saturated carbocycles. The number of aryl methyl sites for hydroxylation is 1. The van der Waals surface area contributed by atoms with Gasteiger partial charge in [0, 0.05) is 31.7 Å². The maximum absolute atomic E-state index is 12.7. The minimum Gasteiger partial charge on any atom is -0.496 e. The molecular weight excluding hydrogens is 330 g/mol. The van der Waals surface area contributed by atoms with Gasteiger partial charge in [0.2, 0.25) is 5.91 Å². The summed E-state index contributed by atoms with van der Waals surface area (Å²) in [6, 6.07) is 5.78. The zero-order valence-corrected chi connectivity index (χ0v) is 16.6. The van der Waals surface area contributed by atoms with Crippen LogP contribution in [0.5, 0.6) is 5.75 Å². The number of carbonyl (C=O) groups excluding carboxylic acids is 2. The standard InChI is InChI=1S/C20H31N3O3/c1-15-13-16(7-8-17(15)26-5)14-18(24)22-9-6-10-23(12-11-22)19(25)21-20(2,3)4/h7-8,13H,6,9-12,14H2,1-5H3,(H,21,25). The SMILES string of the molecule is COc1ccc(CC(=O)N2CCCN(C(=O)NC(C)(C)C)CC2)cc1C. The van der Waals surface area contributed by atoms with Crippen molar-refractivity contribution in [2.45, 2.75) is 46.1 Å². The summed E-state index contributed by atoms with van der Waals surface area (Å²) in [7, 11) is 1.64. The lowest BCUT2D eigenvalue weighted by Crippen LogP contribution is -2.49. The Morgan fingerprint density at radius 3 is 2.38 bits per heavy atom. The summed E-state index contributed by atoms with van der Waals surface area (Å²) in [6.07, 6.45) is 1.17. The maximum Gasteiger partial charge on any atom is 0.317 e. The average Bonchev–Trinajstić information content (AvgIpc) is 2.79. The van der Waals surface area contributed by atoms with Crippen molar-refractivity contribution < 1.29 is 14.3 Å². The van der Waals surface area contributed by atoms with Crippen molar-refractivity contribution in [3.05, 3.63) is 29.3 Å². The van der Waals surface area contributed by atoms with Gasteiger partial charge in [-0.3, -0.25) is 4.79 Å². The Morgan fingerprint density at radius 2 is 1.77 bits per heavy atom. The number of hydrogen-bond donors (Lipinski definition) is 1. The quantitative estimate of drug-likeness (QED) is 0.900. The molecule has 144 valence electrons. The number of nitrogens with one attached hydrogen (secondary N) is 1. The molecule has 0 bridgehead atoms. The fourth-order valence-electron chi connectivity index (χ4n) is 3.11. The Labute approximate surface area is 156 Å². The van der Waals surface area contributed by atoms with E-state index in [1.165, 1.54) is 0 Å². The number of hydrogen-bond acceptors (Lipinski definition) is 3. The number of urea groups is 1. The van der Waals surface area contributed by atoms with Crippen LogP contribution in [0.25, 0.3) is 0 Å². The molecule has 6 heteroatoms. The van der Waals surface area contributed by atoms with Gasteiger partial charge in [-0.2, -0.15) is 0 Å². The van der Waals surface area contributed by atoms with E-state index in [-0.39, 0.29) is 17.5 Å². The van der Waals surface area contributed by atoms with Gasteiger partial charge in [0.25, 0.3) is 0 Å². The molecule has 1 heterocycles. The highest BCUT2D eigenvalue weighted by molar-refractivity contribution is 5.79. The summed E-state index contributed by atoms with van der Waals surface area (Å²) in [4.78, 5) is 28.7. The molecule has 0 unspecified atom stereocenters. The Bertz CT molecular complexity index is 652. The first-order valence-corrected chi connectivity index (χ1v) is 9.18. The minimum atomic E-state index is -0.259. The third-order valence-electron chi connectivity index (χ3n) is 4.43. The molecule has 1 saturated heterocycles. The topological polar surface area (TPSA) is 61.9 Å². The smallest absolute Gasteiger partial charge is 0.317 e. The molecular formula is C20H31N3O3. The van der Waals surface area contributed by atoms with Gasteiger partial charge in [-0.1, -0.05) is 12.1 Å². The van der Waals surface area contributed by atoms with E-state index in [1.54, 1.807) is 12.0 Å². The minimum absolute atomic E-state index is 0.0578. The number of nitrogens with zero attached hydrogens (tertiary/aromatic N) is 2. The molecule has 0 atom stereocenters. The van der Waals surface area contributed by atoms with Crippen molar-refractivity contribution in [2.75, 3.05) is 33.3 Å². The van der Waals surface area contributed by atoms with Crippen molar-refractivity contribution in [1.29, 1.82) is 0 Å². The van der Waals surface area contributed by atoms with E-state index < -0.39 is 0 Å². The second-order valence-electron chi connectivity index (χ2n) is 7.88. The molecule has 1 aliphatic rings. The summed E-state index contributed by atoms with van der Waals surface area (Å²) in [5, 5.41) is 2.99. The number of benzene rings is 1. The molecule has 1 fully saturated rings. The molecule has 1 N–H and O–H groups in total. The van der Waals surface area contributed by atoms with Crippen LogP contribution in [0.1, 0.15) is 38.3 Å². The molecule has 2 rings (SSSR count). The van der Waals surface area contributed by atoms with Crippen molar-refractivity contribution in [2.24, 2.45) is 0 Å². The van der Waals surface area contributed by atoms with Gasteiger partial charge >= 0.3 is 6.03 Å². The first-order chi connectivity index (χ1) is 12.2. The molecule has 0 spiro atoms. The Kier molecular flexibility index (Phi) is 6.51. The molecule has 1 aromatic rings. The second kappa shape index (κ2) is 8.43. The van der Waals surface area contributed by atoms with Gasteiger partial charge in [0.05, 0.1) is 13.5 Å². The number of ether oxygens (including phenoxy) is 1. The Morgan fingerprint density at radius 1 is 1.12 bits per heavy atom. The largest absolute Gasteiger partial charge is 0.496 e. The van der Waals surface area contributed by atoms with E-state index in [9.17, 15) is 9.59 Å². The molecule has 6 nitrogen and oxygen atoms in total. The average molecular weight is 361 g/mol. The van der Waals surface area contributed by atoms with Crippen LogP contribution in [0.2, 0.25) is 0 Å². The highest BCUT2D eigenvalue weighted by atomic mass is 16.5. The van der Waals surface area contributed by atoms with Crippen LogP contribution in [0.4, 0.5) is 4.79 Å². The molecule has 0 aliphatic carbocycles. The summed E-state index contributed by atoms with van der Waals surface area (Å²) in [5.74, 6) is 0.934. The normalized spacial score (nSPS) is 15.4. The van der Waals surface area contributed by atoms with Crippen molar-refractivity contribution in [3.63, 3.8) is 0 Å². The van der Waals surface area contributed by atoms with Gasteiger partial charge < -0.3 is 19.9 Å². The highest BCUT2D eigenvalue weighted by Gasteiger charge is 2.24. The number of methoxy groups -OCH3 is 1. The van der Waals surface area contributed by atoms with E-state index in [2.05, 4.69) is 5.32 Å². The fraction of sp³-hybridized carbons (Fsp3) is 0.600. The summed E-state index contributed by atoms with van der Waals surface area (Å²) >= 11 is 0. The van der Waals surface area contributed by atoms with Gasteiger partial charge in [-0.05, 0) is 51.3 Å². The Balaban J connectivity index is 1.93. The third-order valence-corrected chi connectivity index (χ3v) is 4.43. The van der Waals surface area contributed by atoms with E-state index in [4.69, 9.17) is 4.74 Å². The first kappa shape index (κ1) is 20.1. The third kappa shape index (κ3) is 5.64. The van der Waals surface area contributed by atoms with Crippen LogP contribution in [0, 0.1) is 6.92 Å². The number of amides is 3. The van der Waals surface area contributed by atoms with E-state index in [0.717, 1.165) is 23.3 Å². The molecule has 1 aromatic carbocycles. The second-order valence-corrected chi connectivity index (χ2v) is 7.88. The van der Waals surface area contributed by atoms with Crippen LogP contribution >= 0.6 is 0 Å². The molecule has 1 aliphatic heterocycles. The van der Waals surface area contributed by atoms with Gasteiger partial charge in [0.1, 0.15) is 5.75 Å². The molecule has 0 radical (unpaired) electrons. The maximum atomic E-state index is 12.7. The summed E-state index contributed by atoms with van der Waals surface area (Å²) in [6.45, 7) is 10.4. The Hall–Kier alpha value is -2.24. The predicted octanol–water partition coefficient (Wildman–Crippen LogP) is 2.59.